The van der Waals surface area contributed by atoms with Crippen molar-refractivity contribution in [2.75, 3.05) is 12.9 Å². The Bertz CT molecular complexity index is 529. The molecule has 5 heteroatoms. The van der Waals surface area contributed by atoms with E-state index in [1.807, 2.05) is 31.2 Å². The number of hydrogen-bond donors (Lipinski definition) is 1. The Balaban J connectivity index is 2.36. The molecule has 1 aromatic heterocycles. The standard InChI is InChI=1S/C13H14N2O2S/c1-3-18-13-14-11(8-12(16)15-13)9-4-6-10(17-2)7-5-9/h4-8H,3H2,1-2H3,(H,14,15,16). The number of methoxy groups -OCH3 is 1. The zero-order valence-corrected chi connectivity index (χ0v) is 11.1. The molecule has 0 radical (unpaired) electrons. The van der Waals surface area contributed by atoms with Crippen molar-refractivity contribution in [3.05, 3.63) is 30.3 Å². The van der Waals surface area contributed by atoms with E-state index < -0.39 is 0 Å². The molecule has 0 saturated heterocycles. The number of aromatic nitrogens is 2. The number of rotatable bonds is 4. The van der Waals surface area contributed by atoms with Crippen LogP contribution in [0.5, 0.6) is 11.6 Å². The summed E-state index contributed by atoms with van der Waals surface area (Å²) >= 11 is 1.50. The quantitative estimate of drug-likeness (QED) is 0.678. The van der Waals surface area contributed by atoms with Gasteiger partial charge >= 0.3 is 0 Å². The molecule has 0 saturated carbocycles. The Labute approximate surface area is 110 Å². The van der Waals surface area contributed by atoms with Gasteiger partial charge in [0, 0.05) is 11.6 Å². The van der Waals surface area contributed by atoms with Crippen molar-refractivity contribution in [2.45, 2.75) is 12.1 Å². The van der Waals surface area contributed by atoms with Crippen LogP contribution in [-0.4, -0.2) is 27.9 Å². The van der Waals surface area contributed by atoms with Crippen LogP contribution in [0.4, 0.5) is 0 Å². The second-order valence-electron chi connectivity index (χ2n) is 3.56. The summed E-state index contributed by atoms with van der Waals surface area (Å²) < 4.78 is 5.10. The van der Waals surface area contributed by atoms with E-state index in [4.69, 9.17) is 4.74 Å². The highest BCUT2D eigenvalue weighted by atomic mass is 32.2. The normalized spacial score (nSPS) is 10.3. The lowest BCUT2D eigenvalue weighted by molar-refractivity contribution is 0.415. The molecule has 94 valence electrons. The van der Waals surface area contributed by atoms with Crippen molar-refractivity contribution in [3.8, 4) is 22.9 Å². The molecule has 0 spiro atoms. The summed E-state index contributed by atoms with van der Waals surface area (Å²) in [6.45, 7) is 2.02. The van der Waals surface area contributed by atoms with Crippen LogP contribution in [0.1, 0.15) is 6.92 Å². The van der Waals surface area contributed by atoms with Crippen LogP contribution in [-0.2, 0) is 0 Å². The monoisotopic (exact) mass is 262 g/mol. The van der Waals surface area contributed by atoms with Gasteiger partial charge in [-0.3, -0.25) is 0 Å². The highest BCUT2D eigenvalue weighted by Crippen LogP contribution is 2.25. The van der Waals surface area contributed by atoms with Crippen LogP contribution in [0.2, 0.25) is 0 Å². The van der Waals surface area contributed by atoms with Gasteiger partial charge in [0.25, 0.3) is 0 Å². The Morgan fingerprint density at radius 2 is 1.94 bits per heavy atom. The summed E-state index contributed by atoms with van der Waals surface area (Å²) in [5, 5.41) is 10.2. The van der Waals surface area contributed by atoms with Gasteiger partial charge in [0.2, 0.25) is 5.88 Å². The lowest BCUT2D eigenvalue weighted by atomic mass is 10.1. The smallest absolute Gasteiger partial charge is 0.215 e. The molecule has 0 fully saturated rings. The maximum absolute atomic E-state index is 9.59. The summed E-state index contributed by atoms with van der Waals surface area (Å²) in [6.07, 6.45) is 0. The predicted molar refractivity (Wildman–Crippen MR) is 72.1 cm³/mol. The second kappa shape index (κ2) is 5.73. The van der Waals surface area contributed by atoms with Gasteiger partial charge in [-0.15, -0.1) is 0 Å². The predicted octanol–water partition coefficient (Wildman–Crippen LogP) is 2.97. The lowest BCUT2D eigenvalue weighted by Crippen LogP contribution is -1.91. The number of thioether (sulfide) groups is 1. The lowest BCUT2D eigenvalue weighted by Gasteiger charge is -2.05. The summed E-state index contributed by atoms with van der Waals surface area (Å²) in [6, 6.07) is 9.09. The molecule has 0 aliphatic rings. The minimum Gasteiger partial charge on any atom is -0.497 e. The average Bonchev–Trinajstić information content (AvgIpc) is 2.38. The van der Waals surface area contributed by atoms with E-state index in [-0.39, 0.29) is 5.88 Å². The Morgan fingerprint density at radius 3 is 2.56 bits per heavy atom. The molecule has 1 aromatic carbocycles. The molecule has 2 rings (SSSR count). The van der Waals surface area contributed by atoms with Gasteiger partial charge in [-0.05, 0) is 30.0 Å². The molecule has 0 bridgehead atoms. The minimum absolute atomic E-state index is 0.00762. The number of ether oxygens (including phenoxy) is 1. The first-order valence-corrected chi connectivity index (χ1v) is 6.56. The average molecular weight is 262 g/mol. The molecule has 0 aliphatic heterocycles. The molecule has 2 aromatic rings. The van der Waals surface area contributed by atoms with Gasteiger partial charge in [-0.1, -0.05) is 18.7 Å². The van der Waals surface area contributed by atoms with Crippen LogP contribution in [0.15, 0.2) is 35.5 Å². The van der Waals surface area contributed by atoms with Crippen molar-refractivity contribution >= 4 is 11.8 Å². The largest absolute Gasteiger partial charge is 0.497 e. The maximum atomic E-state index is 9.59. The number of aromatic hydroxyl groups is 1. The van der Waals surface area contributed by atoms with E-state index in [0.29, 0.717) is 10.9 Å². The van der Waals surface area contributed by atoms with Gasteiger partial charge in [-0.2, -0.15) is 4.98 Å². The molecule has 0 unspecified atom stereocenters. The topological polar surface area (TPSA) is 55.2 Å². The minimum atomic E-state index is -0.00762. The number of benzene rings is 1. The third-order valence-electron chi connectivity index (χ3n) is 2.35. The third kappa shape index (κ3) is 2.92. The Hall–Kier alpha value is -1.75. The van der Waals surface area contributed by atoms with E-state index in [1.54, 1.807) is 13.2 Å². The van der Waals surface area contributed by atoms with E-state index in [9.17, 15) is 5.11 Å². The number of nitrogens with zero attached hydrogens (tertiary/aromatic N) is 2. The van der Waals surface area contributed by atoms with Gasteiger partial charge in [0.15, 0.2) is 5.16 Å². The maximum Gasteiger partial charge on any atom is 0.215 e. The zero-order valence-electron chi connectivity index (χ0n) is 10.3. The van der Waals surface area contributed by atoms with Crippen LogP contribution < -0.4 is 4.74 Å². The van der Waals surface area contributed by atoms with E-state index in [0.717, 1.165) is 17.1 Å². The molecule has 4 nitrogen and oxygen atoms in total. The molecule has 1 heterocycles. The molecule has 0 amide bonds. The first-order chi connectivity index (χ1) is 8.72. The van der Waals surface area contributed by atoms with E-state index in [1.165, 1.54) is 11.8 Å². The Morgan fingerprint density at radius 1 is 1.22 bits per heavy atom. The Kier molecular flexibility index (Phi) is 4.04. The van der Waals surface area contributed by atoms with Gasteiger partial charge in [0.1, 0.15) is 5.75 Å². The summed E-state index contributed by atoms with van der Waals surface area (Å²) in [4.78, 5) is 8.37. The van der Waals surface area contributed by atoms with Gasteiger partial charge in [-0.25, -0.2) is 4.98 Å². The molecule has 1 N–H and O–H groups in total. The van der Waals surface area contributed by atoms with Crippen LogP contribution in [0, 0.1) is 0 Å². The van der Waals surface area contributed by atoms with Crippen LogP contribution in [0.3, 0.4) is 0 Å². The first-order valence-electron chi connectivity index (χ1n) is 5.58. The summed E-state index contributed by atoms with van der Waals surface area (Å²) in [7, 11) is 1.63. The molecular weight excluding hydrogens is 248 g/mol. The molecule has 18 heavy (non-hydrogen) atoms. The van der Waals surface area contributed by atoms with Crippen molar-refractivity contribution < 1.29 is 9.84 Å². The SMILES string of the molecule is CCSc1nc(O)cc(-c2ccc(OC)cc2)n1. The fourth-order valence-electron chi connectivity index (χ4n) is 1.52. The van der Waals surface area contributed by atoms with Crippen LogP contribution >= 0.6 is 11.8 Å². The van der Waals surface area contributed by atoms with Crippen molar-refractivity contribution in [1.29, 1.82) is 0 Å². The highest BCUT2D eigenvalue weighted by molar-refractivity contribution is 7.99. The van der Waals surface area contributed by atoms with Gasteiger partial charge < -0.3 is 9.84 Å². The summed E-state index contributed by atoms with van der Waals surface area (Å²) in [5.74, 6) is 1.65. The fraction of sp³-hybridized carbons (Fsp3) is 0.231. The van der Waals surface area contributed by atoms with Gasteiger partial charge in [0.05, 0.1) is 12.8 Å². The highest BCUT2D eigenvalue weighted by Gasteiger charge is 2.06. The van der Waals surface area contributed by atoms with E-state index >= 15 is 0 Å². The molecule has 0 aliphatic carbocycles. The van der Waals surface area contributed by atoms with Crippen molar-refractivity contribution in [1.82, 2.24) is 9.97 Å². The van der Waals surface area contributed by atoms with Crippen molar-refractivity contribution in [2.24, 2.45) is 0 Å². The third-order valence-corrected chi connectivity index (χ3v) is 3.08. The first kappa shape index (κ1) is 12.7. The molecule has 0 atom stereocenters. The second-order valence-corrected chi connectivity index (χ2v) is 4.79. The fourth-order valence-corrected chi connectivity index (χ4v) is 2.10. The zero-order chi connectivity index (χ0) is 13.0. The van der Waals surface area contributed by atoms with E-state index in [2.05, 4.69) is 9.97 Å². The van der Waals surface area contributed by atoms with Crippen molar-refractivity contribution in [3.63, 3.8) is 0 Å². The molecular formula is C13H14N2O2S. The van der Waals surface area contributed by atoms with Crippen LogP contribution in [0.25, 0.3) is 11.3 Å². The summed E-state index contributed by atoms with van der Waals surface area (Å²) in [5.41, 5.74) is 1.63. The number of hydrogen-bond acceptors (Lipinski definition) is 5.